The average Bonchev–Trinajstić information content (AvgIpc) is 3.68. The second-order valence-electron chi connectivity index (χ2n) is 12.8. The molecular weight excluding hydrogens is 548 g/mol. The molecule has 0 radical (unpaired) electrons. The van der Waals surface area contributed by atoms with Gasteiger partial charge >= 0.3 is 0 Å². The smallest absolute Gasteiger partial charge is 0.137 e. The van der Waals surface area contributed by atoms with Crippen LogP contribution in [-0.2, 0) is 5.41 Å². The molecule has 45 heavy (non-hydrogen) atoms. The third-order valence-electron chi connectivity index (χ3n) is 10.0. The molecule has 9 aromatic rings. The number of fused-ring (bicyclic) bond motifs is 10. The number of hydrogen-bond donors (Lipinski definition) is 0. The molecule has 3 nitrogen and oxygen atoms in total. The molecule has 0 amide bonds. The molecule has 3 heterocycles. The second kappa shape index (κ2) is 8.71. The summed E-state index contributed by atoms with van der Waals surface area (Å²) in [5.74, 6) is 0.906. The average molecular weight is 577 g/mol. The van der Waals surface area contributed by atoms with Crippen LogP contribution in [0.15, 0.2) is 138 Å². The largest absolute Gasteiger partial charge is 0.456 e. The maximum absolute atomic E-state index is 6.18. The maximum atomic E-state index is 6.18. The van der Waals surface area contributed by atoms with Crippen molar-refractivity contribution < 1.29 is 4.42 Å². The maximum Gasteiger partial charge on any atom is 0.137 e. The fourth-order valence-electron chi connectivity index (χ4n) is 7.84. The lowest BCUT2D eigenvalue weighted by Crippen LogP contribution is -2.14. The monoisotopic (exact) mass is 576 g/mol. The first kappa shape index (κ1) is 24.7. The van der Waals surface area contributed by atoms with Gasteiger partial charge in [0.15, 0.2) is 0 Å². The molecule has 6 aromatic carbocycles. The van der Waals surface area contributed by atoms with Crippen LogP contribution in [0.1, 0.15) is 25.0 Å². The molecule has 3 heteroatoms. The topological polar surface area (TPSA) is 31.0 Å². The van der Waals surface area contributed by atoms with Crippen molar-refractivity contribution in [2.75, 3.05) is 0 Å². The lowest BCUT2D eigenvalue weighted by Gasteiger charge is -2.21. The molecule has 0 saturated carbocycles. The highest BCUT2D eigenvalue weighted by molar-refractivity contribution is 6.15. The summed E-state index contributed by atoms with van der Waals surface area (Å²) in [5.41, 5.74) is 11.7. The normalized spacial score (nSPS) is 13.7. The van der Waals surface area contributed by atoms with Gasteiger partial charge in [0.25, 0.3) is 0 Å². The van der Waals surface area contributed by atoms with E-state index in [9.17, 15) is 0 Å². The Morgan fingerprint density at radius 2 is 1.27 bits per heavy atom. The van der Waals surface area contributed by atoms with Crippen molar-refractivity contribution in [1.82, 2.24) is 9.55 Å². The minimum Gasteiger partial charge on any atom is -0.456 e. The molecule has 0 saturated heterocycles. The van der Waals surface area contributed by atoms with Gasteiger partial charge in [-0.1, -0.05) is 92.7 Å². The summed E-state index contributed by atoms with van der Waals surface area (Å²) < 4.78 is 8.53. The van der Waals surface area contributed by atoms with E-state index >= 15 is 0 Å². The number of para-hydroxylation sites is 1. The van der Waals surface area contributed by atoms with Crippen molar-refractivity contribution in [3.8, 4) is 28.1 Å². The van der Waals surface area contributed by atoms with E-state index in [0.29, 0.717) is 0 Å². The molecule has 0 aliphatic heterocycles. The van der Waals surface area contributed by atoms with Gasteiger partial charge in [0.1, 0.15) is 17.0 Å². The molecule has 0 fully saturated rings. The van der Waals surface area contributed by atoms with Crippen molar-refractivity contribution in [1.29, 1.82) is 0 Å². The van der Waals surface area contributed by atoms with Crippen LogP contribution in [0, 0.1) is 0 Å². The minimum atomic E-state index is -0.0659. The van der Waals surface area contributed by atoms with Crippen LogP contribution in [0.2, 0.25) is 0 Å². The van der Waals surface area contributed by atoms with Crippen LogP contribution < -0.4 is 0 Å². The Balaban J connectivity index is 1.23. The third-order valence-corrected chi connectivity index (χ3v) is 10.0. The highest BCUT2D eigenvalue weighted by Gasteiger charge is 2.36. The summed E-state index contributed by atoms with van der Waals surface area (Å²) in [6.07, 6.45) is 2.01. The zero-order chi connectivity index (χ0) is 29.9. The summed E-state index contributed by atoms with van der Waals surface area (Å²) in [7, 11) is 0. The Kier molecular flexibility index (Phi) is 4.79. The predicted octanol–water partition coefficient (Wildman–Crippen LogP) is 11.2. The Bertz CT molecular complexity index is 2670. The number of nitrogens with zero attached hydrogens (tertiary/aromatic N) is 2. The number of rotatable bonds is 2. The van der Waals surface area contributed by atoms with E-state index in [2.05, 4.69) is 128 Å². The lowest BCUT2D eigenvalue weighted by atomic mass is 9.82. The molecule has 1 aliphatic carbocycles. The molecule has 1 aliphatic rings. The molecule has 0 atom stereocenters. The summed E-state index contributed by atoms with van der Waals surface area (Å²) in [6, 6.07) is 45.9. The van der Waals surface area contributed by atoms with Gasteiger partial charge in [-0.15, -0.1) is 0 Å². The molecule has 0 spiro atoms. The highest BCUT2D eigenvalue weighted by Crippen LogP contribution is 2.51. The van der Waals surface area contributed by atoms with E-state index in [1.54, 1.807) is 0 Å². The number of aromatic nitrogens is 2. The lowest BCUT2D eigenvalue weighted by molar-refractivity contribution is 0.661. The predicted molar refractivity (Wildman–Crippen MR) is 186 cm³/mol. The first-order valence-corrected chi connectivity index (χ1v) is 15.5. The molecule has 3 aromatic heterocycles. The first-order valence-electron chi connectivity index (χ1n) is 15.5. The number of furan rings is 1. The SMILES string of the molecule is CC1(C)c2ccccc2-c2cc3c(cc21)c1cc2ccccc2cc1n3-c1ccc(-c2cccc3oc4ccccc4c23)cn1. The van der Waals surface area contributed by atoms with E-state index in [1.165, 1.54) is 54.8 Å². The summed E-state index contributed by atoms with van der Waals surface area (Å²) >= 11 is 0. The van der Waals surface area contributed by atoms with Crippen LogP contribution >= 0.6 is 0 Å². The Morgan fingerprint density at radius 3 is 2.13 bits per heavy atom. The number of benzene rings is 6. The van der Waals surface area contributed by atoms with Crippen LogP contribution in [0.25, 0.3) is 82.6 Å². The van der Waals surface area contributed by atoms with Crippen LogP contribution in [0.4, 0.5) is 0 Å². The minimum absolute atomic E-state index is 0.0659. The first-order chi connectivity index (χ1) is 22.1. The van der Waals surface area contributed by atoms with E-state index < -0.39 is 0 Å². The van der Waals surface area contributed by atoms with Crippen molar-refractivity contribution in [3.63, 3.8) is 0 Å². The zero-order valence-electron chi connectivity index (χ0n) is 25.0. The summed E-state index contributed by atoms with van der Waals surface area (Å²) in [4.78, 5) is 5.15. The van der Waals surface area contributed by atoms with Crippen molar-refractivity contribution >= 4 is 54.5 Å². The van der Waals surface area contributed by atoms with E-state index in [4.69, 9.17) is 9.40 Å². The summed E-state index contributed by atoms with van der Waals surface area (Å²) in [6.45, 7) is 4.70. The van der Waals surface area contributed by atoms with E-state index in [1.807, 2.05) is 24.4 Å². The van der Waals surface area contributed by atoms with Gasteiger partial charge < -0.3 is 4.42 Å². The molecule has 10 rings (SSSR count). The van der Waals surface area contributed by atoms with Crippen molar-refractivity contribution in [2.45, 2.75) is 19.3 Å². The van der Waals surface area contributed by atoms with Gasteiger partial charge in [-0.05, 0) is 87.1 Å². The highest BCUT2D eigenvalue weighted by atomic mass is 16.3. The van der Waals surface area contributed by atoms with Crippen LogP contribution in [-0.4, -0.2) is 9.55 Å². The third kappa shape index (κ3) is 3.33. The van der Waals surface area contributed by atoms with E-state index in [0.717, 1.165) is 38.9 Å². The van der Waals surface area contributed by atoms with Crippen LogP contribution in [0.3, 0.4) is 0 Å². The Hall–Kier alpha value is -5.67. The van der Waals surface area contributed by atoms with Gasteiger partial charge in [0.05, 0.1) is 11.0 Å². The van der Waals surface area contributed by atoms with Gasteiger partial charge in [0, 0.05) is 38.7 Å². The molecule has 0 N–H and O–H groups in total. The standard InChI is InChI=1S/C42H28N2O/c1-42(2)34-15-7-5-12-29(34)31-23-37-33(22-35(31)42)32-20-25-10-3-4-11-26(25)21-36(32)44(37)40-19-18-27(24-43-40)28-14-9-17-39-41(28)30-13-6-8-16-38(30)45-39/h3-24H,1-2H3. The summed E-state index contributed by atoms with van der Waals surface area (Å²) in [5, 5.41) is 7.23. The number of pyridine rings is 1. The molecular formula is C42H28N2O. The fourth-order valence-corrected chi connectivity index (χ4v) is 7.84. The molecule has 0 bridgehead atoms. The Morgan fingerprint density at radius 1 is 0.556 bits per heavy atom. The Labute approximate surface area is 260 Å². The second-order valence-corrected chi connectivity index (χ2v) is 12.8. The molecule has 212 valence electrons. The van der Waals surface area contributed by atoms with Crippen LogP contribution in [0.5, 0.6) is 0 Å². The fraction of sp³-hybridized carbons (Fsp3) is 0.0714. The van der Waals surface area contributed by atoms with Crippen molar-refractivity contribution in [3.05, 3.63) is 145 Å². The van der Waals surface area contributed by atoms with Gasteiger partial charge in [-0.25, -0.2) is 4.98 Å². The van der Waals surface area contributed by atoms with E-state index in [-0.39, 0.29) is 5.41 Å². The quantitative estimate of drug-likeness (QED) is 0.205. The number of hydrogen-bond acceptors (Lipinski definition) is 2. The van der Waals surface area contributed by atoms with Gasteiger partial charge in [-0.3, -0.25) is 4.57 Å². The van der Waals surface area contributed by atoms with Crippen molar-refractivity contribution in [2.24, 2.45) is 0 Å². The molecule has 0 unspecified atom stereocenters. The zero-order valence-corrected chi connectivity index (χ0v) is 25.0. The van der Waals surface area contributed by atoms with Gasteiger partial charge in [0.2, 0.25) is 0 Å². The van der Waals surface area contributed by atoms with Gasteiger partial charge in [-0.2, -0.15) is 0 Å².